The fourth-order valence-corrected chi connectivity index (χ4v) is 5.17. The maximum atomic E-state index is 11.6. The summed E-state index contributed by atoms with van der Waals surface area (Å²) in [6.45, 7) is 8.79. The van der Waals surface area contributed by atoms with Crippen molar-refractivity contribution in [2.24, 2.45) is 0 Å². The summed E-state index contributed by atoms with van der Waals surface area (Å²) in [6.07, 6.45) is 3.47. The van der Waals surface area contributed by atoms with Gasteiger partial charge in [0.15, 0.2) is 8.07 Å². The van der Waals surface area contributed by atoms with Crippen LogP contribution in [0, 0.1) is 11.5 Å². The molecule has 0 saturated carbocycles. The van der Waals surface area contributed by atoms with Crippen LogP contribution in [0.15, 0.2) is 66.4 Å². The van der Waals surface area contributed by atoms with Gasteiger partial charge in [0.05, 0.1) is 5.60 Å². The van der Waals surface area contributed by atoms with E-state index in [-0.39, 0.29) is 0 Å². The van der Waals surface area contributed by atoms with Crippen molar-refractivity contribution in [1.82, 2.24) is 0 Å². The van der Waals surface area contributed by atoms with E-state index in [2.05, 4.69) is 56.2 Å². The quantitative estimate of drug-likeness (QED) is 0.448. The second-order valence-corrected chi connectivity index (χ2v) is 11.8. The van der Waals surface area contributed by atoms with E-state index in [1.54, 1.807) is 0 Å². The van der Waals surface area contributed by atoms with E-state index >= 15 is 0 Å². The minimum Gasteiger partial charge on any atom is -0.385 e. The first-order chi connectivity index (χ1) is 12.9. The van der Waals surface area contributed by atoms with E-state index in [4.69, 9.17) is 0 Å². The highest BCUT2D eigenvalue weighted by Crippen LogP contribution is 2.36. The van der Waals surface area contributed by atoms with Crippen LogP contribution in [0.5, 0.6) is 0 Å². The fraction of sp³-hybridized carbons (Fsp3) is 0.360. The zero-order valence-electron chi connectivity index (χ0n) is 17.1. The summed E-state index contributed by atoms with van der Waals surface area (Å²) in [5.74, 6) is 3.34. The standard InChI is InChI=1S/C25H32OSi/c1-5-18-25(26,19-6-2)24(23-15-11-8-12-16-23)21-27(3,4)20-17-22-13-9-7-10-14-22/h7-16,21,26H,5-6,18-19H2,1-4H3/b24-21+. The van der Waals surface area contributed by atoms with Gasteiger partial charge in [0.2, 0.25) is 0 Å². The van der Waals surface area contributed by atoms with Crippen molar-refractivity contribution in [2.45, 2.75) is 58.2 Å². The van der Waals surface area contributed by atoms with Crippen molar-refractivity contribution in [3.8, 4) is 11.5 Å². The predicted molar refractivity (Wildman–Crippen MR) is 120 cm³/mol. The molecule has 0 fully saturated rings. The van der Waals surface area contributed by atoms with Crippen molar-refractivity contribution < 1.29 is 5.11 Å². The van der Waals surface area contributed by atoms with Crippen LogP contribution in [-0.4, -0.2) is 18.8 Å². The van der Waals surface area contributed by atoms with Gasteiger partial charge in [-0.3, -0.25) is 0 Å². The molecule has 0 radical (unpaired) electrons. The third-order valence-electron chi connectivity index (χ3n) is 4.72. The molecule has 1 N–H and O–H groups in total. The Morgan fingerprint density at radius 1 is 0.926 bits per heavy atom. The van der Waals surface area contributed by atoms with E-state index in [1.807, 2.05) is 48.5 Å². The second-order valence-electron chi connectivity index (χ2n) is 7.79. The van der Waals surface area contributed by atoms with Crippen LogP contribution in [0.2, 0.25) is 13.1 Å². The van der Waals surface area contributed by atoms with Gasteiger partial charge in [-0.2, -0.15) is 0 Å². The zero-order valence-corrected chi connectivity index (χ0v) is 18.1. The van der Waals surface area contributed by atoms with Crippen LogP contribution in [-0.2, 0) is 0 Å². The van der Waals surface area contributed by atoms with E-state index in [0.29, 0.717) is 0 Å². The monoisotopic (exact) mass is 376 g/mol. The van der Waals surface area contributed by atoms with Gasteiger partial charge in [-0.25, -0.2) is 0 Å². The average molecular weight is 377 g/mol. The zero-order chi connectivity index (χ0) is 19.8. The van der Waals surface area contributed by atoms with Crippen molar-refractivity contribution >= 4 is 13.6 Å². The van der Waals surface area contributed by atoms with Gasteiger partial charge < -0.3 is 5.11 Å². The molecule has 0 unspecified atom stereocenters. The second kappa shape index (κ2) is 9.74. The highest BCUT2D eigenvalue weighted by Gasteiger charge is 2.32. The number of rotatable bonds is 7. The highest BCUT2D eigenvalue weighted by molar-refractivity contribution is 6.90. The summed E-state index contributed by atoms with van der Waals surface area (Å²) in [4.78, 5) is 0. The molecule has 0 amide bonds. The Labute approximate surface area is 166 Å². The van der Waals surface area contributed by atoms with Gasteiger partial charge in [0.25, 0.3) is 0 Å². The Bertz CT molecular complexity index is 788. The van der Waals surface area contributed by atoms with Gasteiger partial charge in [-0.1, -0.05) is 99.9 Å². The summed E-state index contributed by atoms with van der Waals surface area (Å²) >= 11 is 0. The third-order valence-corrected chi connectivity index (χ3v) is 6.50. The topological polar surface area (TPSA) is 20.2 Å². The summed E-state index contributed by atoms with van der Waals surface area (Å²) in [6, 6.07) is 20.5. The van der Waals surface area contributed by atoms with E-state index in [1.165, 1.54) is 0 Å². The predicted octanol–water partition coefficient (Wildman–Crippen LogP) is 6.24. The van der Waals surface area contributed by atoms with Crippen molar-refractivity contribution in [2.75, 3.05) is 0 Å². The fourth-order valence-electron chi connectivity index (χ4n) is 3.48. The van der Waals surface area contributed by atoms with Gasteiger partial charge in [-0.05, 0) is 36.1 Å². The Kier molecular flexibility index (Phi) is 7.65. The van der Waals surface area contributed by atoms with Gasteiger partial charge in [-0.15, -0.1) is 5.54 Å². The lowest BCUT2D eigenvalue weighted by molar-refractivity contribution is 0.0812. The first-order valence-electron chi connectivity index (χ1n) is 9.99. The molecule has 0 spiro atoms. The summed E-state index contributed by atoms with van der Waals surface area (Å²) in [5, 5.41) is 11.6. The van der Waals surface area contributed by atoms with Gasteiger partial charge >= 0.3 is 0 Å². The first-order valence-corrected chi connectivity index (χ1v) is 13.1. The van der Waals surface area contributed by atoms with E-state index in [0.717, 1.165) is 42.4 Å². The molecule has 0 heterocycles. The van der Waals surface area contributed by atoms with Gasteiger partial charge in [0.1, 0.15) is 0 Å². The van der Waals surface area contributed by atoms with Crippen LogP contribution in [0.25, 0.3) is 5.57 Å². The number of hydrogen-bond donors (Lipinski definition) is 1. The number of hydrogen-bond acceptors (Lipinski definition) is 1. The van der Waals surface area contributed by atoms with Crippen molar-refractivity contribution in [3.63, 3.8) is 0 Å². The molecule has 0 aromatic heterocycles. The normalized spacial score (nSPS) is 12.4. The number of benzene rings is 2. The molecule has 0 aliphatic rings. The lowest BCUT2D eigenvalue weighted by Gasteiger charge is -2.32. The molecule has 142 valence electrons. The number of aliphatic hydroxyl groups is 1. The molecule has 0 bridgehead atoms. The molecule has 1 nitrogen and oxygen atoms in total. The molecule has 0 aliphatic heterocycles. The molecule has 2 heteroatoms. The Morgan fingerprint density at radius 3 is 1.96 bits per heavy atom. The molecular weight excluding hydrogens is 344 g/mol. The minimum absolute atomic E-state index is 0.776. The lowest BCUT2D eigenvalue weighted by Crippen LogP contribution is -2.33. The smallest absolute Gasteiger partial charge is 0.156 e. The van der Waals surface area contributed by atoms with Crippen molar-refractivity contribution in [1.29, 1.82) is 0 Å². The Hall–Kier alpha value is -2.08. The maximum Gasteiger partial charge on any atom is 0.156 e. The molecule has 0 aliphatic carbocycles. The van der Waals surface area contributed by atoms with Crippen LogP contribution >= 0.6 is 0 Å². The molecular formula is C25H32OSi. The van der Waals surface area contributed by atoms with Crippen LogP contribution in [0.3, 0.4) is 0 Å². The molecule has 2 rings (SSSR count). The largest absolute Gasteiger partial charge is 0.385 e. The van der Waals surface area contributed by atoms with Crippen LogP contribution < -0.4 is 0 Å². The average Bonchev–Trinajstić information content (AvgIpc) is 2.67. The third kappa shape index (κ3) is 6.24. The SMILES string of the molecule is CCCC(O)(CCC)/C(=C/[Si](C)(C)C#Cc1ccccc1)c1ccccc1. The van der Waals surface area contributed by atoms with Crippen molar-refractivity contribution in [3.05, 3.63) is 77.5 Å². The maximum absolute atomic E-state index is 11.6. The van der Waals surface area contributed by atoms with Gasteiger partial charge in [0, 0.05) is 5.56 Å². The Balaban J connectivity index is 2.50. The summed E-state index contributed by atoms with van der Waals surface area (Å²) in [5.41, 5.74) is 8.28. The van der Waals surface area contributed by atoms with Crippen LogP contribution in [0.1, 0.15) is 50.7 Å². The molecule has 0 atom stereocenters. The minimum atomic E-state index is -1.98. The molecule has 2 aromatic carbocycles. The summed E-state index contributed by atoms with van der Waals surface area (Å²) < 4.78 is 0. The molecule has 0 saturated heterocycles. The highest BCUT2D eigenvalue weighted by atomic mass is 28.3. The van der Waals surface area contributed by atoms with Crippen LogP contribution in [0.4, 0.5) is 0 Å². The Morgan fingerprint density at radius 2 is 1.44 bits per heavy atom. The lowest BCUT2D eigenvalue weighted by atomic mass is 9.82. The van der Waals surface area contributed by atoms with E-state index < -0.39 is 13.7 Å². The molecule has 27 heavy (non-hydrogen) atoms. The summed E-state index contributed by atoms with van der Waals surface area (Å²) in [7, 11) is -1.98. The first kappa shape index (κ1) is 21.2. The molecule has 2 aromatic rings. The van der Waals surface area contributed by atoms with E-state index in [9.17, 15) is 5.11 Å².